The van der Waals surface area contributed by atoms with E-state index in [4.69, 9.17) is 16.9 Å². The molecule has 6 N–H and O–H groups in total. The average Bonchev–Trinajstić information content (AvgIpc) is 3.16. The number of amides is 2. The maximum atomic E-state index is 13.4. The molecule has 4 aliphatic rings. The standard InChI is InChI=1S/C25H43N5O2/c26-23(27)19-7-6-18-14-22(25(32)29-20-10-8-17(9-11-20)24(28)31)30(21(18)15-19)13-12-16-4-2-1-3-5-16/h16-22H,1-15H2,(H3,26,27)(H2,28,31)(H,29,32). The van der Waals surface area contributed by atoms with E-state index in [2.05, 4.69) is 10.2 Å². The van der Waals surface area contributed by atoms with Gasteiger partial charge in [0.05, 0.1) is 11.9 Å². The van der Waals surface area contributed by atoms with Gasteiger partial charge in [0.15, 0.2) is 0 Å². The number of nitrogens with zero attached hydrogens (tertiary/aromatic N) is 1. The van der Waals surface area contributed by atoms with Crippen molar-refractivity contribution in [3.63, 3.8) is 0 Å². The summed E-state index contributed by atoms with van der Waals surface area (Å²) < 4.78 is 0. The first-order valence-corrected chi connectivity index (χ1v) is 13.1. The van der Waals surface area contributed by atoms with Gasteiger partial charge < -0.3 is 16.8 Å². The summed E-state index contributed by atoms with van der Waals surface area (Å²) in [5.74, 6) is 1.75. The van der Waals surface area contributed by atoms with Crippen molar-refractivity contribution >= 4 is 17.6 Å². The van der Waals surface area contributed by atoms with Crippen molar-refractivity contribution in [1.29, 1.82) is 5.41 Å². The summed E-state index contributed by atoms with van der Waals surface area (Å²) >= 11 is 0. The Morgan fingerprint density at radius 2 is 1.56 bits per heavy atom. The summed E-state index contributed by atoms with van der Waals surface area (Å²) in [6, 6.07) is 0.474. The second kappa shape index (κ2) is 10.5. The maximum Gasteiger partial charge on any atom is 0.237 e. The predicted molar refractivity (Wildman–Crippen MR) is 126 cm³/mol. The molecule has 0 aromatic rings. The number of nitrogens with two attached hydrogens (primary N) is 2. The molecule has 7 nitrogen and oxygen atoms in total. The van der Waals surface area contributed by atoms with Gasteiger partial charge in [-0.05, 0) is 76.2 Å². The van der Waals surface area contributed by atoms with E-state index >= 15 is 0 Å². The summed E-state index contributed by atoms with van der Waals surface area (Å²) in [4.78, 5) is 27.4. The Morgan fingerprint density at radius 3 is 2.22 bits per heavy atom. The van der Waals surface area contributed by atoms with Crippen LogP contribution in [0.5, 0.6) is 0 Å². The van der Waals surface area contributed by atoms with E-state index in [1.807, 2.05) is 0 Å². The Bertz CT molecular complexity index is 684. The molecule has 0 aromatic heterocycles. The number of carbonyl (C=O) groups is 2. The number of primary amides is 1. The molecule has 4 rings (SSSR count). The predicted octanol–water partition coefficient (Wildman–Crippen LogP) is 2.91. The number of nitrogens with one attached hydrogen (secondary N) is 2. The summed E-state index contributed by atoms with van der Waals surface area (Å²) in [5, 5.41) is 11.3. The third-order valence-electron chi connectivity index (χ3n) is 9.05. The molecule has 7 heteroatoms. The Morgan fingerprint density at radius 1 is 0.875 bits per heavy atom. The van der Waals surface area contributed by atoms with Gasteiger partial charge >= 0.3 is 0 Å². The lowest BCUT2D eigenvalue weighted by molar-refractivity contribution is -0.127. The van der Waals surface area contributed by atoms with Crippen molar-refractivity contribution in [2.75, 3.05) is 6.54 Å². The Kier molecular flexibility index (Phi) is 7.74. The molecule has 0 aromatic carbocycles. The summed E-state index contributed by atoms with van der Waals surface area (Å²) in [5.41, 5.74) is 11.4. The van der Waals surface area contributed by atoms with Crippen LogP contribution in [-0.2, 0) is 9.59 Å². The third kappa shape index (κ3) is 5.46. The van der Waals surface area contributed by atoms with Crippen LogP contribution >= 0.6 is 0 Å². The van der Waals surface area contributed by atoms with Gasteiger partial charge in [-0.2, -0.15) is 0 Å². The summed E-state index contributed by atoms with van der Waals surface area (Å²) in [6.45, 7) is 0.989. The van der Waals surface area contributed by atoms with Gasteiger partial charge in [-0.1, -0.05) is 32.1 Å². The minimum absolute atomic E-state index is 0.0343. The summed E-state index contributed by atoms with van der Waals surface area (Å²) in [7, 11) is 0. The normalized spacial score (nSPS) is 36.4. The van der Waals surface area contributed by atoms with Gasteiger partial charge in [0.2, 0.25) is 11.8 Å². The number of carbonyl (C=O) groups excluding carboxylic acids is 2. The molecule has 4 unspecified atom stereocenters. The van der Waals surface area contributed by atoms with Crippen LogP contribution in [0.25, 0.3) is 0 Å². The van der Waals surface area contributed by atoms with Gasteiger partial charge in [-0.25, -0.2) is 0 Å². The molecule has 0 radical (unpaired) electrons. The van der Waals surface area contributed by atoms with Crippen LogP contribution < -0.4 is 16.8 Å². The molecule has 0 spiro atoms. The molecular weight excluding hydrogens is 402 g/mol. The van der Waals surface area contributed by atoms with E-state index in [0.29, 0.717) is 17.8 Å². The second-order valence-corrected chi connectivity index (χ2v) is 11.0. The Labute approximate surface area is 192 Å². The van der Waals surface area contributed by atoms with Crippen LogP contribution in [0.2, 0.25) is 0 Å². The van der Waals surface area contributed by atoms with Crippen molar-refractivity contribution in [2.24, 2.45) is 35.1 Å². The van der Waals surface area contributed by atoms with Crippen molar-refractivity contribution < 1.29 is 9.59 Å². The zero-order chi connectivity index (χ0) is 22.7. The maximum absolute atomic E-state index is 13.4. The van der Waals surface area contributed by atoms with Gasteiger partial charge in [-0.3, -0.25) is 19.9 Å². The van der Waals surface area contributed by atoms with E-state index in [1.165, 1.54) is 38.5 Å². The van der Waals surface area contributed by atoms with Gasteiger partial charge in [0.25, 0.3) is 0 Å². The number of rotatable bonds is 7. The van der Waals surface area contributed by atoms with Gasteiger partial charge in [0, 0.05) is 23.9 Å². The highest BCUT2D eigenvalue weighted by Crippen LogP contribution is 2.42. The third-order valence-corrected chi connectivity index (χ3v) is 9.05. The quantitative estimate of drug-likeness (QED) is 0.355. The fourth-order valence-corrected chi connectivity index (χ4v) is 7.03. The largest absolute Gasteiger partial charge is 0.387 e. The van der Waals surface area contributed by atoms with E-state index < -0.39 is 0 Å². The van der Waals surface area contributed by atoms with Gasteiger partial charge in [0.1, 0.15) is 0 Å². The van der Waals surface area contributed by atoms with Crippen molar-refractivity contribution in [1.82, 2.24) is 10.2 Å². The van der Waals surface area contributed by atoms with E-state index in [1.54, 1.807) is 0 Å². The monoisotopic (exact) mass is 445 g/mol. The fraction of sp³-hybridized carbons (Fsp3) is 0.880. The molecule has 3 saturated carbocycles. The lowest BCUT2D eigenvalue weighted by Gasteiger charge is -2.38. The number of likely N-dealkylation sites (tertiary alicyclic amines) is 1. The molecule has 1 aliphatic heterocycles. The number of hydrogen-bond donors (Lipinski definition) is 4. The van der Waals surface area contributed by atoms with Crippen LogP contribution in [-0.4, -0.2) is 47.2 Å². The summed E-state index contributed by atoms with van der Waals surface area (Å²) in [6.07, 6.45) is 15.1. The first kappa shape index (κ1) is 23.5. The highest BCUT2D eigenvalue weighted by atomic mass is 16.2. The molecular formula is C25H43N5O2. The molecule has 180 valence electrons. The Hall–Kier alpha value is -1.63. The zero-order valence-corrected chi connectivity index (χ0v) is 19.6. The minimum Gasteiger partial charge on any atom is -0.387 e. The molecule has 1 heterocycles. The fourth-order valence-electron chi connectivity index (χ4n) is 7.03. The number of hydrogen-bond acceptors (Lipinski definition) is 4. The molecule has 2 amide bonds. The van der Waals surface area contributed by atoms with Crippen LogP contribution in [0.15, 0.2) is 0 Å². The number of fused-ring (bicyclic) bond motifs is 1. The lowest BCUT2D eigenvalue weighted by Crippen LogP contribution is -2.51. The first-order chi connectivity index (χ1) is 15.4. The lowest BCUT2D eigenvalue weighted by atomic mass is 9.78. The molecule has 0 bridgehead atoms. The van der Waals surface area contributed by atoms with E-state index in [-0.39, 0.29) is 35.7 Å². The van der Waals surface area contributed by atoms with Crippen LogP contribution in [0.4, 0.5) is 0 Å². The molecule has 4 fully saturated rings. The topological polar surface area (TPSA) is 125 Å². The van der Waals surface area contributed by atoms with E-state index in [0.717, 1.165) is 63.8 Å². The Balaban J connectivity index is 1.39. The molecule has 1 saturated heterocycles. The minimum atomic E-state index is -0.205. The molecule has 3 aliphatic carbocycles. The SMILES string of the molecule is N=C(N)C1CCC2CC(C(=O)NC3CCC(C(N)=O)CC3)N(CCC3CCCCC3)C2C1. The van der Waals surface area contributed by atoms with Crippen molar-refractivity contribution in [2.45, 2.75) is 108 Å². The first-order valence-electron chi connectivity index (χ1n) is 13.1. The van der Waals surface area contributed by atoms with Crippen LogP contribution in [0, 0.1) is 29.1 Å². The van der Waals surface area contributed by atoms with Crippen molar-refractivity contribution in [3.05, 3.63) is 0 Å². The smallest absolute Gasteiger partial charge is 0.237 e. The highest BCUT2D eigenvalue weighted by Gasteiger charge is 2.47. The van der Waals surface area contributed by atoms with Crippen LogP contribution in [0.1, 0.15) is 89.9 Å². The zero-order valence-electron chi connectivity index (χ0n) is 19.6. The van der Waals surface area contributed by atoms with Crippen molar-refractivity contribution in [3.8, 4) is 0 Å². The van der Waals surface area contributed by atoms with Gasteiger partial charge in [-0.15, -0.1) is 0 Å². The molecule has 4 atom stereocenters. The molecule has 32 heavy (non-hydrogen) atoms. The highest BCUT2D eigenvalue weighted by molar-refractivity contribution is 5.83. The van der Waals surface area contributed by atoms with E-state index in [9.17, 15) is 9.59 Å². The average molecular weight is 446 g/mol. The second-order valence-electron chi connectivity index (χ2n) is 11.0. The number of amidine groups is 1. The van der Waals surface area contributed by atoms with Crippen LogP contribution in [0.3, 0.4) is 0 Å².